The lowest BCUT2D eigenvalue weighted by atomic mass is 9.75. The van der Waals surface area contributed by atoms with Gasteiger partial charge >= 0.3 is 5.97 Å². The van der Waals surface area contributed by atoms with Crippen molar-refractivity contribution < 1.29 is 14.3 Å². The van der Waals surface area contributed by atoms with Crippen LogP contribution in [0, 0.1) is 17.8 Å². The van der Waals surface area contributed by atoms with Gasteiger partial charge in [-0.1, -0.05) is 39.3 Å². The van der Waals surface area contributed by atoms with Crippen molar-refractivity contribution in [2.24, 2.45) is 17.8 Å². The van der Waals surface area contributed by atoms with E-state index >= 15 is 0 Å². The van der Waals surface area contributed by atoms with E-state index in [4.69, 9.17) is 4.74 Å². The summed E-state index contributed by atoms with van der Waals surface area (Å²) in [4.78, 5) is 23.9. The van der Waals surface area contributed by atoms with Gasteiger partial charge in [0.2, 0.25) is 5.91 Å². The molecule has 0 aliphatic heterocycles. The summed E-state index contributed by atoms with van der Waals surface area (Å²) >= 11 is 0. The lowest BCUT2D eigenvalue weighted by molar-refractivity contribution is -0.114. The maximum Gasteiger partial charge on any atom is 0.340 e. The molecule has 0 bridgehead atoms. The summed E-state index contributed by atoms with van der Waals surface area (Å²) in [5, 5.41) is 2.69. The second kappa shape index (κ2) is 7.62. The molecule has 1 saturated carbocycles. The molecule has 0 saturated heterocycles. The van der Waals surface area contributed by atoms with Gasteiger partial charge in [-0.25, -0.2) is 4.79 Å². The van der Waals surface area contributed by atoms with Gasteiger partial charge in [0.05, 0.1) is 11.3 Å². The van der Waals surface area contributed by atoms with Crippen LogP contribution in [-0.2, 0) is 9.53 Å². The Labute approximate surface area is 138 Å². The molecule has 1 aliphatic carbocycles. The Hall–Kier alpha value is -1.84. The predicted octanol–water partition coefficient (Wildman–Crippen LogP) is 4.26. The number of esters is 1. The first kappa shape index (κ1) is 17.5. The van der Waals surface area contributed by atoms with Crippen LogP contribution >= 0.6 is 0 Å². The molecule has 0 aromatic heterocycles. The number of para-hydroxylation sites is 1. The minimum Gasteiger partial charge on any atom is -0.458 e. The van der Waals surface area contributed by atoms with Crippen LogP contribution in [0.3, 0.4) is 0 Å². The fourth-order valence-corrected chi connectivity index (χ4v) is 3.41. The van der Waals surface area contributed by atoms with Gasteiger partial charge in [0.25, 0.3) is 0 Å². The number of amides is 1. The van der Waals surface area contributed by atoms with Gasteiger partial charge in [-0.05, 0) is 42.7 Å². The van der Waals surface area contributed by atoms with Crippen molar-refractivity contribution in [2.45, 2.75) is 53.1 Å². The molecule has 3 atom stereocenters. The molecule has 1 aliphatic rings. The van der Waals surface area contributed by atoms with Crippen molar-refractivity contribution in [3.63, 3.8) is 0 Å². The van der Waals surface area contributed by atoms with Gasteiger partial charge in [-0.3, -0.25) is 4.79 Å². The van der Waals surface area contributed by atoms with Crippen LogP contribution < -0.4 is 5.32 Å². The number of ether oxygens (including phenoxy) is 1. The molecule has 0 spiro atoms. The fraction of sp³-hybridized carbons (Fsp3) is 0.579. The van der Waals surface area contributed by atoms with E-state index in [1.807, 2.05) is 0 Å². The van der Waals surface area contributed by atoms with Crippen LogP contribution in [-0.4, -0.2) is 18.0 Å². The van der Waals surface area contributed by atoms with E-state index in [0.717, 1.165) is 12.8 Å². The van der Waals surface area contributed by atoms with Gasteiger partial charge in [-0.15, -0.1) is 0 Å². The highest BCUT2D eigenvalue weighted by molar-refractivity contribution is 6.00. The number of carbonyl (C=O) groups is 2. The van der Waals surface area contributed by atoms with E-state index in [2.05, 4.69) is 26.1 Å². The minimum absolute atomic E-state index is 0.0448. The third-order valence-electron chi connectivity index (χ3n) is 4.68. The number of hydrogen-bond acceptors (Lipinski definition) is 3. The molecular weight excluding hydrogens is 290 g/mol. The molecular formula is C19H27NO3. The zero-order valence-electron chi connectivity index (χ0n) is 14.5. The quantitative estimate of drug-likeness (QED) is 0.844. The van der Waals surface area contributed by atoms with Gasteiger partial charge in [0.1, 0.15) is 6.10 Å². The van der Waals surface area contributed by atoms with Gasteiger partial charge in [-0.2, -0.15) is 0 Å². The topological polar surface area (TPSA) is 55.4 Å². The number of rotatable bonds is 4. The highest BCUT2D eigenvalue weighted by Crippen LogP contribution is 2.36. The van der Waals surface area contributed by atoms with Gasteiger partial charge in [0.15, 0.2) is 0 Å². The third-order valence-corrected chi connectivity index (χ3v) is 4.68. The molecule has 1 amide bonds. The highest BCUT2D eigenvalue weighted by atomic mass is 16.5. The maximum absolute atomic E-state index is 12.6. The van der Waals surface area contributed by atoms with Crippen molar-refractivity contribution >= 4 is 17.6 Å². The average molecular weight is 317 g/mol. The Balaban J connectivity index is 2.15. The zero-order chi connectivity index (χ0) is 17.0. The molecule has 4 nitrogen and oxygen atoms in total. The molecule has 126 valence electrons. The molecule has 1 fully saturated rings. The Morgan fingerprint density at radius 2 is 1.91 bits per heavy atom. The van der Waals surface area contributed by atoms with Crippen LogP contribution in [0.2, 0.25) is 0 Å². The molecule has 0 heterocycles. The van der Waals surface area contributed by atoms with Crippen molar-refractivity contribution in [3.05, 3.63) is 29.8 Å². The fourth-order valence-electron chi connectivity index (χ4n) is 3.41. The normalized spacial score (nSPS) is 24.3. The molecule has 0 radical (unpaired) electrons. The molecule has 1 N–H and O–H groups in total. The standard InChI is InChI=1S/C19H27NO3/c1-12(2)15-10-9-13(3)11-18(15)23-19(22)16-7-5-6-8-17(16)20-14(4)21/h5-8,12-13,15,18H,9-11H2,1-4H3,(H,20,21). The number of carbonyl (C=O) groups excluding carboxylic acids is 2. The van der Waals surface area contributed by atoms with E-state index in [-0.39, 0.29) is 18.0 Å². The van der Waals surface area contributed by atoms with E-state index in [0.29, 0.717) is 29.0 Å². The zero-order valence-corrected chi connectivity index (χ0v) is 14.5. The summed E-state index contributed by atoms with van der Waals surface area (Å²) in [5.41, 5.74) is 0.929. The Bertz CT molecular complexity index is 567. The highest BCUT2D eigenvalue weighted by Gasteiger charge is 2.33. The second-order valence-corrected chi connectivity index (χ2v) is 7.00. The maximum atomic E-state index is 12.6. The van der Waals surface area contributed by atoms with Crippen molar-refractivity contribution in [1.82, 2.24) is 0 Å². The van der Waals surface area contributed by atoms with Gasteiger partial charge in [0, 0.05) is 6.92 Å². The summed E-state index contributed by atoms with van der Waals surface area (Å²) in [5.74, 6) is 0.929. The first-order valence-electron chi connectivity index (χ1n) is 8.46. The first-order valence-corrected chi connectivity index (χ1v) is 8.46. The van der Waals surface area contributed by atoms with Crippen LogP contribution in [0.1, 0.15) is 57.3 Å². The summed E-state index contributed by atoms with van der Waals surface area (Å²) < 4.78 is 5.85. The van der Waals surface area contributed by atoms with E-state index in [1.165, 1.54) is 13.3 Å². The molecule has 3 unspecified atom stereocenters. The van der Waals surface area contributed by atoms with E-state index in [1.54, 1.807) is 24.3 Å². The number of anilines is 1. The first-order chi connectivity index (χ1) is 10.9. The lowest BCUT2D eigenvalue weighted by Crippen LogP contribution is -2.36. The molecule has 2 rings (SSSR count). The number of nitrogens with one attached hydrogen (secondary N) is 1. The third kappa shape index (κ3) is 4.57. The average Bonchev–Trinajstić information content (AvgIpc) is 2.46. The summed E-state index contributed by atoms with van der Waals surface area (Å²) in [6.07, 6.45) is 3.16. The van der Waals surface area contributed by atoms with Crippen LogP contribution in [0.25, 0.3) is 0 Å². The van der Waals surface area contributed by atoms with Crippen molar-refractivity contribution in [3.8, 4) is 0 Å². The predicted molar refractivity (Wildman–Crippen MR) is 91.3 cm³/mol. The van der Waals surface area contributed by atoms with Crippen LogP contribution in [0.5, 0.6) is 0 Å². The molecule has 23 heavy (non-hydrogen) atoms. The Morgan fingerprint density at radius 3 is 2.57 bits per heavy atom. The largest absolute Gasteiger partial charge is 0.458 e. The number of hydrogen-bond donors (Lipinski definition) is 1. The van der Waals surface area contributed by atoms with Crippen molar-refractivity contribution in [1.29, 1.82) is 0 Å². The van der Waals surface area contributed by atoms with Crippen molar-refractivity contribution in [2.75, 3.05) is 5.32 Å². The molecule has 1 aromatic carbocycles. The SMILES string of the molecule is CC(=O)Nc1ccccc1C(=O)OC1CC(C)CCC1C(C)C. The summed E-state index contributed by atoms with van der Waals surface area (Å²) in [7, 11) is 0. The lowest BCUT2D eigenvalue weighted by Gasteiger charge is -2.36. The molecule has 4 heteroatoms. The monoisotopic (exact) mass is 317 g/mol. The second-order valence-electron chi connectivity index (χ2n) is 7.00. The van der Waals surface area contributed by atoms with E-state index < -0.39 is 0 Å². The summed E-state index contributed by atoms with van der Waals surface area (Å²) in [6.45, 7) is 8.02. The smallest absolute Gasteiger partial charge is 0.340 e. The number of benzene rings is 1. The molecule has 1 aromatic rings. The van der Waals surface area contributed by atoms with Crippen LogP contribution in [0.4, 0.5) is 5.69 Å². The Morgan fingerprint density at radius 1 is 1.22 bits per heavy atom. The summed E-state index contributed by atoms with van der Waals surface area (Å²) in [6, 6.07) is 7.00. The Kier molecular flexibility index (Phi) is 5.80. The van der Waals surface area contributed by atoms with E-state index in [9.17, 15) is 9.59 Å². The van der Waals surface area contributed by atoms with Crippen LogP contribution in [0.15, 0.2) is 24.3 Å². The minimum atomic E-state index is -0.348. The van der Waals surface area contributed by atoms with Gasteiger partial charge < -0.3 is 10.1 Å².